The van der Waals surface area contributed by atoms with Gasteiger partial charge >= 0.3 is 6.09 Å². The second-order valence-electron chi connectivity index (χ2n) is 4.76. The summed E-state index contributed by atoms with van der Waals surface area (Å²) in [6.45, 7) is 7.83. The second kappa shape index (κ2) is 5.07. The SMILES string of the molecule is CC(C)(C)OC(=O)N1CCN[C@H](CS)C1. The Kier molecular flexibility index (Phi) is 4.28. The molecule has 1 rings (SSSR count). The van der Waals surface area contributed by atoms with E-state index in [2.05, 4.69) is 17.9 Å². The van der Waals surface area contributed by atoms with Crippen LogP contribution in [0.5, 0.6) is 0 Å². The fraction of sp³-hybridized carbons (Fsp3) is 0.900. The lowest BCUT2D eigenvalue weighted by Gasteiger charge is -2.34. The first-order valence-corrected chi connectivity index (χ1v) is 5.88. The molecule has 1 heterocycles. The van der Waals surface area contributed by atoms with Crippen molar-refractivity contribution in [3.8, 4) is 0 Å². The molecule has 1 aliphatic rings. The summed E-state index contributed by atoms with van der Waals surface area (Å²) in [7, 11) is 0. The third-order valence-corrected chi connectivity index (χ3v) is 2.57. The zero-order chi connectivity index (χ0) is 11.5. The summed E-state index contributed by atoms with van der Waals surface area (Å²) in [5, 5.41) is 3.29. The van der Waals surface area contributed by atoms with Crippen LogP contribution in [0.3, 0.4) is 0 Å². The Balaban J connectivity index is 2.45. The molecule has 0 aromatic carbocycles. The summed E-state index contributed by atoms with van der Waals surface area (Å²) in [4.78, 5) is 13.5. The second-order valence-corrected chi connectivity index (χ2v) is 5.13. The predicted molar refractivity (Wildman–Crippen MR) is 63.5 cm³/mol. The number of nitrogens with one attached hydrogen (secondary N) is 1. The minimum absolute atomic E-state index is 0.226. The number of hydrogen-bond donors (Lipinski definition) is 2. The first-order valence-electron chi connectivity index (χ1n) is 5.24. The molecule has 0 aromatic heterocycles. The highest BCUT2D eigenvalue weighted by atomic mass is 32.1. The lowest BCUT2D eigenvalue weighted by molar-refractivity contribution is 0.0203. The van der Waals surface area contributed by atoms with E-state index in [9.17, 15) is 4.79 Å². The Hall–Kier alpha value is -0.420. The quantitative estimate of drug-likeness (QED) is 0.666. The van der Waals surface area contributed by atoms with E-state index in [4.69, 9.17) is 4.74 Å². The maximum atomic E-state index is 11.7. The predicted octanol–water partition coefficient (Wildman–Crippen LogP) is 1.13. The van der Waals surface area contributed by atoms with Gasteiger partial charge in [0.15, 0.2) is 0 Å². The Morgan fingerprint density at radius 3 is 2.80 bits per heavy atom. The van der Waals surface area contributed by atoms with Crippen molar-refractivity contribution in [1.29, 1.82) is 0 Å². The molecule has 1 aliphatic heterocycles. The molecular formula is C10H20N2O2S. The molecule has 0 bridgehead atoms. The number of rotatable bonds is 1. The van der Waals surface area contributed by atoms with Crippen molar-refractivity contribution in [2.75, 3.05) is 25.4 Å². The van der Waals surface area contributed by atoms with Crippen molar-refractivity contribution in [1.82, 2.24) is 10.2 Å². The van der Waals surface area contributed by atoms with Gasteiger partial charge in [0.2, 0.25) is 0 Å². The molecule has 0 unspecified atom stereocenters. The fourth-order valence-electron chi connectivity index (χ4n) is 1.44. The third kappa shape index (κ3) is 4.30. The molecule has 1 fully saturated rings. The minimum Gasteiger partial charge on any atom is -0.444 e. The summed E-state index contributed by atoms with van der Waals surface area (Å²) in [5.74, 6) is 0.735. The van der Waals surface area contributed by atoms with Crippen molar-refractivity contribution >= 4 is 18.7 Å². The maximum Gasteiger partial charge on any atom is 0.410 e. The minimum atomic E-state index is -0.418. The summed E-state index contributed by atoms with van der Waals surface area (Å²) in [6.07, 6.45) is -0.226. The molecule has 0 saturated carbocycles. The van der Waals surface area contributed by atoms with Crippen LogP contribution < -0.4 is 5.32 Å². The van der Waals surface area contributed by atoms with Crippen LogP contribution in [0.1, 0.15) is 20.8 Å². The van der Waals surface area contributed by atoms with Crippen molar-refractivity contribution < 1.29 is 9.53 Å². The van der Waals surface area contributed by atoms with Crippen LogP contribution in [0.2, 0.25) is 0 Å². The molecule has 0 aliphatic carbocycles. The lowest BCUT2D eigenvalue weighted by atomic mass is 10.2. The van der Waals surface area contributed by atoms with Crippen molar-refractivity contribution in [3.05, 3.63) is 0 Å². The van der Waals surface area contributed by atoms with Gasteiger partial charge in [0.1, 0.15) is 5.60 Å². The van der Waals surface area contributed by atoms with Crippen LogP contribution in [0.25, 0.3) is 0 Å². The van der Waals surface area contributed by atoms with Crippen LogP contribution in [-0.2, 0) is 4.74 Å². The molecule has 88 valence electrons. The number of thiol groups is 1. The van der Waals surface area contributed by atoms with Gasteiger partial charge in [-0.15, -0.1) is 0 Å². The molecule has 15 heavy (non-hydrogen) atoms. The highest BCUT2D eigenvalue weighted by Crippen LogP contribution is 2.11. The molecule has 0 spiro atoms. The van der Waals surface area contributed by atoms with Gasteiger partial charge < -0.3 is 15.0 Å². The van der Waals surface area contributed by atoms with Crippen LogP contribution in [-0.4, -0.2) is 48.0 Å². The van der Waals surface area contributed by atoms with E-state index in [0.717, 1.165) is 12.3 Å². The number of carbonyl (C=O) groups is 1. The Morgan fingerprint density at radius 1 is 1.60 bits per heavy atom. The fourth-order valence-corrected chi connectivity index (χ4v) is 1.68. The van der Waals surface area contributed by atoms with Gasteiger partial charge in [0.25, 0.3) is 0 Å². The Labute approximate surface area is 96.8 Å². The van der Waals surface area contributed by atoms with Gasteiger partial charge in [-0.3, -0.25) is 0 Å². The van der Waals surface area contributed by atoms with Crippen LogP contribution in [0.4, 0.5) is 4.79 Å². The van der Waals surface area contributed by atoms with E-state index in [1.165, 1.54) is 0 Å². The molecule has 1 N–H and O–H groups in total. The first-order chi connectivity index (χ1) is 6.92. The van der Waals surface area contributed by atoms with E-state index >= 15 is 0 Å². The third-order valence-electron chi connectivity index (χ3n) is 2.13. The normalized spacial score (nSPS) is 22.7. The van der Waals surface area contributed by atoms with E-state index in [1.54, 1.807) is 4.90 Å². The van der Waals surface area contributed by atoms with Gasteiger partial charge in [0.05, 0.1) is 0 Å². The molecule has 4 nitrogen and oxygen atoms in total. The molecule has 1 saturated heterocycles. The number of nitrogens with zero attached hydrogens (tertiary/aromatic N) is 1. The topological polar surface area (TPSA) is 41.6 Å². The number of ether oxygens (including phenoxy) is 1. The smallest absolute Gasteiger partial charge is 0.410 e. The van der Waals surface area contributed by atoms with E-state index in [0.29, 0.717) is 13.1 Å². The van der Waals surface area contributed by atoms with Gasteiger partial charge in [-0.1, -0.05) is 0 Å². The lowest BCUT2D eigenvalue weighted by Crippen LogP contribution is -2.54. The molecular weight excluding hydrogens is 212 g/mol. The van der Waals surface area contributed by atoms with Crippen molar-refractivity contribution in [2.45, 2.75) is 32.4 Å². The van der Waals surface area contributed by atoms with Gasteiger partial charge in [-0.2, -0.15) is 12.6 Å². The van der Waals surface area contributed by atoms with Crippen LogP contribution in [0, 0.1) is 0 Å². The summed E-state index contributed by atoms with van der Waals surface area (Å²) >= 11 is 4.22. The van der Waals surface area contributed by atoms with E-state index in [1.807, 2.05) is 20.8 Å². The standard InChI is InChI=1S/C10H20N2O2S/c1-10(2,3)14-9(13)12-5-4-11-8(6-12)7-15/h8,11,15H,4-7H2,1-3H3/t8-/m0/s1. The Morgan fingerprint density at radius 2 is 2.27 bits per heavy atom. The average Bonchev–Trinajstić information content (AvgIpc) is 2.15. The number of hydrogen-bond acceptors (Lipinski definition) is 4. The maximum absolute atomic E-state index is 11.7. The summed E-state index contributed by atoms with van der Waals surface area (Å²) < 4.78 is 5.30. The van der Waals surface area contributed by atoms with Gasteiger partial charge in [-0.05, 0) is 20.8 Å². The Bertz CT molecular complexity index is 228. The number of amides is 1. The molecule has 1 atom stereocenters. The monoisotopic (exact) mass is 232 g/mol. The highest BCUT2D eigenvalue weighted by molar-refractivity contribution is 7.80. The number of piperazine rings is 1. The zero-order valence-corrected chi connectivity index (χ0v) is 10.5. The van der Waals surface area contributed by atoms with Crippen LogP contribution in [0.15, 0.2) is 0 Å². The zero-order valence-electron chi connectivity index (χ0n) is 9.62. The molecule has 0 aromatic rings. The van der Waals surface area contributed by atoms with Gasteiger partial charge in [0, 0.05) is 31.4 Å². The molecule has 0 radical (unpaired) electrons. The van der Waals surface area contributed by atoms with Crippen molar-refractivity contribution in [3.63, 3.8) is 0 Å². The van der Waals surface area contributed by atoms with E-state index < -0.39 is 5.60 Å². The van der Waals surface area contributed by atoms with Gasteiger partial charge in [-0.25, -0.2) is 4.79 Å². The number of carbonyl (C=O) groups excluding carboxylic acids is 1. The average molecular weight is 232 g/mol. The highest BCUT2D eigenvalue weighted by Gasteiger charge is 2.26. The largest absolute Gasteiger partial charge is 0.444 e. The van der Waals surface area contributed by atoms with Crippen LogP contribution >= 0.6 is 12.6 Å². The molecule has 1 amide bonds. The van der Waals surface area contributed by atoms with E-state index in [-0.39, 0.29) is 12.1 Å². The molecule has 5 heteroatoms. The summed E-state index contributed by atoms with van der Waals surface area (Å²) in [5.41, 5.74) is -0.418. The van der Waals surface area contributed by atoms with Crippen molar-refractivity contribution in [2.24, 2.45) is 0 Å². The first kappa shape index (κ1) is 12.6. The summed E-state index contributed by atoms with van der Waals surface area (Å²) in [6, 6.07) is 0.273.